The van der Waals surface area contributed by atoms with E-state index >= 15 is 0 Å². The van der Waals surface area contributed by atoms with Crippen LogP contribution in [0.1, 0.15) is 47.5 Å². The molecule has 0 bridgehead atoms. The first kappa shape index (κ1) is 20.7. The second kappa shape index (κ2) is 9.87. The number of carbonyl (C=O) groups excluding carboxylic acids is 1. The maximum atomic E-state index is 12.0. The van der Waals surface area contributed by atoms with Crippen molar-refractivity contribution < 1.29 is 14.3 Å². The molecule has 1 aliphatic heterocycles. The summed E-state index contributed by atoms with van der Waals surface area (Å²) in [5.41, 5.74) is 0.0327. The molecule has 140 valence electrons. The highest BCUT2D eigenvalue weighted by molar-refractivity contribution is 5.81. The Morgan fingerprint density at radius 2 is 2.08 bits per heavy atom. The molecule has 0 amide bonds. The maximum Gasteiger partial charge on any atom is 0.310 e. The molecule has 0 aliphatic carbocycles. The molecule has 1 heterocycles. The van der Waals surface area contributed by atoms with E-state index in [-0.39, 0.29) is 23.4 Å². The lowest BCUT2D eigenvalue weighted by Gasteiger charge is -2.34. The summed E-state index contributed by atoms with van der Waals surface area (Å²) >= 11 is 0. The van der Waals surface area contributed by atoms with Crippen LogP contribution in [-0.4, -0.2) is 62.8 Å². The number of aliphatic imine (C=N–C) groups is 1. The zero-order chi connectivity index (χ0) is 18.2. The van der Waals surface area contributed by atoms with E-state index < -0.39 is 0 Å². The highest BCUT2D eigenvalue weighted by Crippen LogP contribution is 2.22. The van der Waals surface area contributed by atoms with Gasteiger partial charge in [-0.15, -0.1) is 0 Å². The van der Waals surface area contributed by atoms with Gasteiger partial charge in [-0.3, -0.25) is 9.79 Å². The van der Waals surface area contributed by atoms with Gasteiger partial charge < -0.3 is 19.7 Å². The van der Waals surface area contributed by atoms with Crippen molar-refractivity contribution in [2.45, 2.75) is 53.6 Å². The van der Waals surface area contributed by atoms with Crippen molar-refractivity contribution in [3.8, 4) is 0 Å². The number of piperidine rings is 1. The van der Waals surface area contributed by atoms with Crippen molar-refractivity contribution in [2.24, 2.45) is 16.3 Å². The van der Waals surface area contributed by atoms with Gasteiger partial charge in [-0.2, -0.15) is 0 Å². The van der Waals surface area contributed by atoms with Gasteiger partial charge in [0.1, 0.15) is 0 Å². The molecule has 1 saturated heterocycles. The van der Waals surface area contributed by atoms with E-state index in [0.717, 1.165) is 31.9 Å². The number of ether oxygens (including phenoxy) is 2. The first-order chi connectivity index (χ1) is 11.3. The molecule has 6 nitrogen and oxygen atoms in total. The van der Waals surface area contributed by atoms with Crippen molar-refractivity contribution in [2.75, 3.05) is 39.9 Å². The Labute approximate surface area is 147 Å². The number of hydrogen-bond acceptors (Lipinski definition) is 4. The van der Waals surface area contributed by atoms with Crippen molar-refractivity contribution in [3.63, 3.8) is 0 Å². The standard InChI is InChI=1S/C18H35N3O3/c1-7-19-17(20-12-15(23-6)18(3,4)5)21-11-9-10-14(13-21)16(22)24-8-2/h14-15H,7-13H2,1-6H3,(H,19,20). The van der Waals surface area contributed by atoms with E-state index in [2.05, 4.69) is 37.9 Å². The minimum absolute atomic E-state index is 0.0327. The lowest BCUT2D eigenvalue weighted by atomic mass is 9.89. The molecule has 24 heavy (non-hydrogen) atoms. The molecule has 1 fully saturated rings. The number of guanidine groups is 1. The number of hydrogen-bond donors (Lipinski definition) is 1. The second-order valence-corrected chi connectivity index (χ2v) is 7.32. The van der Waals surface area contributed by atoms with Crippen LogP contribution >= 0.6 is 0 Å². The Kier molecular flexibility index (Phi) is 8.53. The van der Waals surface area contributed by atoms with Gasteiger partial charge in [0.2, 0.25) is 0 Å². The van der Waals surface area contributed by atoms with Gasteiger partial charge in [0.15, 0.2) is 5.96 Å². The topological polar surface area (TPSA) is 63.2 Å². The predicted octanol–water partition coefficient (Wildman–Crippen LogP) is 2.29. The average molecular weight is 341 g/mol. The highest BCUT2D eigenvalue weighted by atomic mass is 16.5. The van der Waals surface area contributed by atoms with E-state index in [1.807, 2.05) is 6.92 Å². The minimum Gasteiger partial charge on any atom is -0.466 e. The number of carbonyl (C=O) groups is 1. The fraction of sp³-hybridized carbons (Fsp3) is 0.889. The van der Waals surface area contributed by atoms with Gasteiger partial charge in [0.05, 0.1) is 25.2 Å². The molecule has 0 spiro atoms. The minimum atomic E-state index is -0.0949. The smallest absolute Gasteiger partial charge is 0.310 e. The van der Waals surface area contributed by atoms with Gasteiger partial charge in [0, 0.05) is 26.7 Å². The largest absolute Gasteiger partial charge is 0.466 e. The average Bonchev–Trinajstić information content (AvgIpc) is 2.53. The first-order valence-electron chi connectivity index (χ1n) is 9.06. The van der Waals surface area contributed by atoms with Gasteiger partial charge in [0.25, 0.3) is 0 Å². The summed E-state index contributed by atoms with van der Waals surface area (Å²) in [6.45, 7) is 13.8. The summed E-state index contributed by atoms with van der Waals surface area (Å²) < 4.78 is 10.8. The van der Waals surface area contributed by atoms with Crippen LogP contribution in [0.25, 0.3) is 0 Å². The molecule has 0 radical (unpaired) electrons. The number of nitrogens with one attached hydrogen (secondary N) is 1. The summed E-state index contributed by atoms with van der Waals surface area (Å²) in [5, 5.41) is 3.34. The van der Waals surface area contributed by atoms with E-state index in [1.165, 1.54) is 0 Å². The van der Waals surface area contributed by atoms with Gasteiger partial charge in [-0.1, -0.05) is 20.8 Å². The molecule has 1 rings (SSSR count). The van der Waals surface area contributed by atoms with Crippen LogP contribution in [0.2, 0.25) is 0 Å². The highest BCUT2D eigenvalue weighted by Gasteiger charge is 2.29. The fourth-order valence-corrected chi connectivity index (χ4v) is 2.92. The molecule has 6 heteroatoms. The molecular formula is C18H35N3O3. The Morgan fingerprint density at radius 3 is 2.62 bits per heavy atom. The molecule has 0 aromatic carbocycles. The molecule has 2 unspecified atom stereocenters. The number of nitrogens with zero attached hydrogens (tertiary/aromatic N) is 2. The van der Waals surface area contributed by atoms with E-state index in [1.54, 1.807) is 7.11 Å². The third-order valence-corrected chi connectivity index (χ3v) is 4.33. The zero-order valence-corrected chi connectivity index (χ0v) is 16.2. The van der Waals surface area contributed by atoms with Crippen LogP contribution in [0.4, 0.5) is 0 Å². The zero-order valence-electron chi connectivity index (χ0n) is 16.2. The fourth-order valence-electron chi connectivity index (χ4n) is 2.92. The van der Waals surface area contributed by atoms with Crippen LogP contribution in [0.5, 0.6) is 0 Å². The van der Waals surface area contributed by atoms with Crippen LogP contribution in [0.15, 0.2) is 4.99 Å². The normalized spacial score (nSPS) is 20.7. The molecule has 1 N–H and O–H groups in total. The third kappa shape index (κ3) is 6.30. The van der Waals surface area contributed by atoms with Crippen molar-refractivity contribution >= 4 is 11.9 Å². The SMILES string of the molecule is CCNC(=NCC(OC)C(C)(C)C)N1CCCC(C(=O)OCC)C1. The Hall–Kier alpha value is -1.30. The summed E-state index contributed by atoms with van der Waals surface area (Å²) in [7, 11) is 1.73. The Bertz CT molecular complexity index is 418. The van der Waals surface area contributed by atoms with Crippen LogP contribution in [0.3, 0.4) is 0 Å². The predicted molar refractivity (Wildman–Crippen MR) is 97.2 cm³/mol. The second-order valence-electron chi connectivity index (χ2n) is 7.32. The summed E-state index contributed by atoms with van der Waals surface area (Å²) in [6, 6.07) is 0. The van der Waals surface area contributed by atoms with E-state index in [9.17, 15) is 4.79 Å². The lowest BCUT2D eigenvalue weighted by Crippen LogP contribution is -2.48. The number of likely N-dealkylation sites (tertiary alicyclic amines) is 1. The molecular weight excluding hydrogens is 306 g/mol. The van der Waals surface area contributed by atoms with Gasteiger partial charge >= 0.3 is 5.97 Å². The number of rotatable bonds is 6. The monoisotopic (exact) mass is 341 g/mol. The summed E-state index contributed by atoms with van der Waals surface area (Å²) in [6.07, 6.45) is 1.91. The third-order valence-electron chi connectivity index (χ3n) is 4.33. The first-order valence-corrected chi connectivity index (χ1v) is 9.06. The van der Waals surface area contributed by atoms with Gasteiger partial charge in [-0.05, 0) is 32.1 Å². The van der Waals surface area contributed by atoms with Crippen molar-refractivity contribution in [1.82, 2.24) is 10.2 Å². The maximum absolute atomic E-state index is 12.0. The summed E-state index contributed by atoms with van der Waals surface area (Å²) in [4.78, 5) is 19.0. The molecule has 0 aromatic rings. The molecule has 0 saturated carbocycles. The summed E-state index contributed by atoms with van der Waals surface area (Å²) in [5.74, 6) is 0.698. The Balaban J connectivity index is 2.78. The molecule has 0 aromatic heterocycles. The van der Waals surface area contributed by atoms with Gasteiger partial charge in [-0.25, -0.2) is 0 Å². The Morgan fingerprint density at radius 1 is 1.38 bits per heavy atom. The number of esters is 1. The number of methoxy groups -OCH3 is 1. The van der Waals surface area contributed by atoms with Crippen LogP contribution < -0.4 is 5.32 Å². The van der Waals surface area contributed by atoms with Crippen molar-refractivity contribution in [1.29, 1.82) is 0 Å². The van der Waals surface area contributed by atoms with Crippen LogP contribution in [0, 0.1) is 11.3 Å². The van der Waals surface area contributed by atoms with Crippen molar-refractivity contribution in [3.05, 3.63) is 0 Å². The van der Waals surface area contributed by atoms with Crippen LogP contribution in [-0.2, 0) is 14.3 Å². The molecule has 1 aliphatic rings. The quantitative estimate of drug-likeness (QED) is 0.456. The molecule has 2 atom stereocenters. The van der Waals surface area contributed by atoms with E-state index in [4.69, 9.17) is 14.5 Å². The lowest BCUT2D eigenvalue weighted by molar-refractivity contribution is -0.149. The van der Waals surface area contributed by atoms with E-state index in [0.29, 0.717) is 19.7 Å².